The molecule has 11 heteroatoms. The topological polar surface area (TPSA) is 144 Å². The molecule has 1 saturated heterocycles. The Labute approximate surface area is 195 Å². The molecule has 33 heavy (non-hydrogen) atoms. The summed E-state index contributed by atoms with van der Waals surface area (Å²) >= 11 is 1.30. The van der Waals surface area contributed by atoms with E-state index in [1.54, 1.807) is 4.57 Å². The van der Waals surface area contributed by atoms with Crippen molar-refractivity contribution >= 4 is 24.1 Å². The number of aliphatic hydroxyl groups excluding tert-OH is 3. The molecule has 2 aromatic rings. The van der Waals surface area contributed by atoms with Gasteiger partial charge >= 0.3 is 0 Å². The van der Waals surface area contributed by atoms with Gasteiger partial charge in [0.1, 0.15) is 24.0 Å². The molecule has 0 amide bonds. The number of hydrogen-bond acceptors (Lipinski definition) is 10. The number of aromatic nitrogens is 2. The normalized spacial score (nSPS) is 31.6. The minimum Gasteiger partial charge on any atom is -0.394 e. The first-order valence-corrected chi connectivity index (χ1v) is 12.1. The molecule has 3 aliphatic rings. The number of rotatable bonds is 7. The minimum atomic E-state index is -1.52. The number of aliphatic imine (C=N–C) groups is 1. The van der Waals surface area contributed by atoms with Crippen molar-refractivity contribution in [3.63, 3.8) is 0 Å². The van der Waals surface area contributed by atoms with Crippen LogP contribution >= 0.6 is 11.9 Å². The summed E-state index contributed by atoms with van der Waals surface area (Å²) in [5.74, 6) is 0.331. The average molecular weight is 476 g/mol. The van der Waals surface area contributed by atoms with Gasteiger partial charge in [0.2, 0.25) is 0 Å². The van der Waals surface area contributed by atoms with Gasteiger partial charge in [0, 0.05) is 12.5 Å². The first-order chi connectivity index (χ1) is 16.0. The van der Waals surface area contributed by atoms with Crippen molar-refractivity contribution in [1.82, 2.24) is 19.6 Å². The number of benzene rings is 1. The third-order valence-corrected chi connectivity index (χ3v) is 7.40. The fraction of sp³-hybridized carbons (Fsp3) is 0.545. The molecule has 1 aromatic carbocycles. The molecule has 0 spiro atoms. The molecule has 5 rings (SSSR count). The van der Waals surface area contributed by atoms with Gasteiger partial charge in [0.25, 0.3) is 0 Å². The smallest absolute Gasteiger partial charge is 0.187 e. The van der Waals surface area contributed by atoms with Crippen molar-refractivity contribution < 1.29 is 25.2 Å². The highest BCUT2D eigenvalue weighted by atomic mass is 32.2. The molecule has 2 aliphatic heterocycles. The van der Waals surface area contributed by atoms with Crippen molar-refractivity contribution in [2.24, 2.45) is 4.99 Å². The molecule has 5 atom stereocenters. The maximum atomic E-state index is 11.6. The van der Waals surface area contributed by atoms with Gasteiger partial charge < -0.3 is 30.5 Å². The maximum absolute atomic E-state index is 11.6. The van der Waals surface area contributed by atoms with E-state index < -0.39 is 36.9 Å². The predicted octanol–water partition coefficient (Wildman–Crippen LogP) is 0.685. The van der Waals surface area contributed by atoms with Crippen LogP contribution in [-0.2, 0) is 16.9 Å². The SMILES string of the molecule is OC[C@H]1O[C@@H](n2c(SNC3CCCC3)nc3c2N=CNC3(O)Cc2ccccc2)[C@H](O)[C@@H]1O. The Morgan fingerprint density at radius 2 is 1.94 bits per heavy atom. The van der Waals surface area contributed by atoms with E-state index in [9.17, 15) is 20.4 Å². The molecule has 3 heterocycles. The summed E-state index contributed by atoms with van der Waals surface area (Å²) in [6.45, 7) is -0.433. The summed E-state index contributed by atoms with van der Waals surface area (Å²) in [6, 6.07) is 9.90. The molecule has 0 bridgehead atoms. The number of nitrogens with one attached hydrogen (secondary N) is 2. The second kappa shape index (κ2) is 9.34. The predicted molar refractivity (Wildman–Crippen MR) is 122 cm³/mol. The number of nitrogens with zero attached hydrogens (tertiary/aromatic N) is 3. The zero-order valence-corrected chi connectivity index (χ0v) is 18.9. The van der Waals surface area contributed by atoms with E-state index in [0.717, 1.165) is 18.4 Å². The summed E-state index contributed by atoms with van der Waals surface area (Å²) in [4.78, 5) is 9.13. The average Bonchev–Trinajstić information content (AvgIpc) is 3.53. The zero-order valence-electron chi connectivity index (χ0n) is 18.0. The Hall–Kier alpha value is -1.99. The number of aliphatic hydroxyl groups is 4. The standard InChI is InChI=1S/C22H29N5O5S/c28-11-15-16(29)17(30)20(32-15)27-19-18(25-21(27)33-26-14-8-4-5-9-14)22(31,24-12-23-19)10-13-6-2-1-3-7-13/h1-3,6-7,12,14-17,20,26,28-31H,4-5,8-11H2,(H,23,24)/t15-,16-,17-,20-,22?/m1/s1. The van der Waals surface area contributed by atoms with Gasteiger partial charge in [-0.05, 0) is 30.4 Å². The second-order valence-electron chi connectivity index (χ2n) is 8.79. The fourth-order valence-corrected chi connectivity index (χ4v) is 5.61. The molecule has 1 unspecified atom stereocenters. The molecule has 10 nitrogen and oxygen atoms in total. The van der Waals surface area contributed by atoms with Crippen molar-refractivity contribution in [2.75, 3.05) is 6.61 Å². The van der Waals surface area contributed by atoms with Crippen LogP contribution < -0.4 is 10.0 Å². The van der Waals surface area contributed by atoms with E-state index in [4.69, 9.17) is 9.72 Å². The van der Waals surface area contributed by atoms with Crippen LogP contribution in [0.25, 0.3) is 0 Å². The molecule has 1 saturated carbocycles. The highest BCUT2D eigenvalue weighted by molar-refractivity contribution is 7.97. The Kier molecular flexibility index (Phi) is 6.45. The molecule has 1 aliphatic carbocycles. The van der Waals surface area contributed by atoms with E-state index in [2.05, 4.69) is 15.0 Å². The van der Waals surface area contributed by atoms with Crippen LogP contribution in [0.1, 0.15) is 43.2 Å². The zero-order chi connectivity index (χ0) is 23.0. The van der Waals surface area contributed by atoms with Crippen molar-refractivity contribution in [3.8, 4) is 0 Å². The van der Waals surface area contributed by atoms with Gasteiger partial charge in [-0.2, -0.15) is 0 Å². The van der Waals surface area contributed by atoms with E-state index in [-0.39, 0.29) is 6.42 Å². The first kappa shape index (κ1) is 22.8. The summed E-state index contributed by atoms with van der Waals surface area (Å²) in [6.07, 6.45) is 1.63. The lowest BCUT2D eigenvalue weighted by Gasteiger charge is -2.30. The van der Waals surface area contributed by atoms with Crippen LogP contribution in [0.5, 0.6) is 0 Å². The van der Waals surface area contributed by atoms with Crippen LogP contribution in [0.4, 0.5) is 5.82 Å². The van der Waals surface area contributed by atoms with Crippen molar-refractivity contribution in [2.45, 2.75) is 73.6 Å². The Balaban J connectivity index is 1.53. The third-order valence-electron chi connectivity index (χ3n) is 6.48. The second-order valence-corrected chi connectivity index (χ2v) is 9.60. The molecular weight excluding hydrogens is 446 g/mol. The van der Waals surface area contributed by atoms with Gasteiger partial charge in [0.05, 0.1) is 12.9 Å². The Morgan fingerprint density at radius 3 is 2.64 bits per heavy atom. The minimum absolute atomic E-state index is 0.250. The van der Waals surface area contributed by atoms with E-state index >= 15 is 0 Å². The Bertz CT molecular complexity index is 999. The van der Waals surface area contributed by atoms with Crippen molar-refractivity contribution in [3.05, 3.63) is 41.6 Å². The molecule has 0 radical (unpaired) electrons. The number of hydrogen-bond donors (Lipinski definition) is 6. The highest BCUT2D eigenvalue weighted by Gasteiger charge is 2.47. The lowest BCUT2D eigenvalue weighted by molar-refractivity contribution is -0.0560. The Morgan fingerprint density at radius 1 is 1.18 bits per heavy atom. The molecule has 6 N–H and O–H groups in total. The van der Waals surface area contributed by atoms with Gasteiger partial charge in [0.15, 0.2) is 22.9 Å². The van der Waals surface area contributed by atoms with Gasteiger partial charge in [-0.3, -0.25) is 9.29 Å². The lowest BCUT2D eigenvalue weighted by atomic mass is 9.98. The fourth-order valence-electron chi connectivity index (χ4n) is 4.67. The van der Waals surface area contributed by atoms with Gasteiger partial charge in [-0.1, -0.05) is 43.2 Å². The quantitative estimate of drug-likeness (QED) is 0.319. The van der Waals surface area contributed by atoms with Crippen LogP contribution in [0, 0.1) is 0 Å². The monoisotopic (exact) mass is 475 g/mol. The van der Waals surface area contributed by atoms with Gasteiger partial charge in [-0.25, -0.2) is 9.98 Å². The van der Waals surface area contributed by atoms with Crippen LogP contribution in [0.3, 0.4) is 0 Å². The maximum Gasteiger partial charge on any atom is 0.187 e. The summed E-state index contributed by atoms with van der Waals surface area (Å²) in [7, 11) is 0. The van der Waals surface area contributed by atoms with E-state index in [1.165, 1.54) is 31.1 Å². The number of ether oxygens (including phenoxy) is 1. The molecule has 2 fully saturated rings. The number of fused-ring (bicyclic) bond motifs is 1. The van der Waals surface area contributed by atoms with E-state index in [1.807, 2.05) is 30.3 Å². The van der Waals surface area contributed by atoms with Crippen LogP contribution in [0.2, 0.25) is 0 Å². The molecule has 1 aromatic heterocycles. The summed E-state index contributed by atoms with van der Waals surface area (Å²) in [5.41, 5.74) is -0.304. The first-order valence-electron chi connectivity index (χ1n) is 11.2. The number of imidazole rings is 1. The van der Waals surface area contributed by atoms with Gasteiger partial charge in [-0.15, -0.1) is 0 Å². The van der Waals surface area contributed by atoms with E-state index in [0.29, 0.717) is 22.7 Å². The lowest BCUT2D eigenvalue weighted by Crippen LogP contribution is -2.45. The largest absolute Gasteiger partial charge is 0.394 e. The van der Waals surface area contributed by atoms with Crippen molar-refractivity contribution in [1.29, 1.82) is 0 Å². The summed E-state index contributed by atoms with van der Waals surface area (Å²) in [5, 5.41) is 45.5. The molecular formula is C22H29N5O5S. The highest BCUT2D eigenvalue weighted by Crippen LogP contribution is 2.42. The van der Waals surface area contributed by atoms with Crippen LogP contribution in [0.15, 0.2) is 40.5 Å². The third kappa shape index (κ3) is 4.30. The summed E-state index contributed by atoms with van der Waals surface area (Å²) < 4.78 is 10.8. The molecule has 178 valence electrons. The van der Waals surface area contributed by atoms with Crippen LogP contribution in [-0.4, -0.2) is 67.3 Å².